The van der Waals surface area contributed by atoms with Crippen LogP contribution in [0.5, 0.6) is 11.5 Å². The summed E-state index contributed by atoms with van der Waals surface area (Å²) in [6.45, 7) is 34.3. The number of esters is 2. The number of rotatable bonds is 42. The molecule has 0 saturated heterocycles. The fraction of sp³-hybridized carbons (Fsp3) is 0.800. The molecule has 450 valence electrons. The van der Waals surface area contributed by atoms with Gasteiger partial charge in [0.05, 0.1) is 25.0 Å². The number of hydrogen-bond acceptors (Lipinski definition) is 6. The van der Waals surface area contributed by atoms with E-state index in [1.165, 1.54) is 180 Å². The van der Waals surface area contributed by atoms with Crippen LogP contribution in [0.3, 0.4) is 0 Å². The van der Waals surface area contributed by atoms with Crippen LogP contribution in [0.4, 0.5) is 4.20 Å². The van der Waals surface area contributed by atoms with Crippen LogP contribution in [0.1, 0.15) is 361 Å². The molecule has 2 rings (SSSR count). The highest BCUT2D eigenvalue weighted by Gasteiger charge is 2.36. The van der Waals surface area contributed by atoms with Gasteiger partial charge in [-0.3, -0.25) is 9.59 Å². The van der Waals surface area contributed by atoms with Gasteiger partial charge in [0.15, 0.2) is 0 Å². The lowest BCUT2D eigenvalue weighted by atomic mass is 9.77. The highest BCUT2D eigenvalue weighted by atomic mass is 31.2. The van der Waals surface area contributed by atoms with Crippen molar-refractivity contribution in [3.8, 4) is 11.5 Å². The third-order valence-corrected chi connectivity index (χ3v) is 16.6. The molecule has 0 aliphatic heterocycles. The summed E-state index contributed by atoms with van der Waals surface area (Å²) in [7, 11) is -2.99. The molecule has 2 unspecified atom stereocenters. The van der Waals surface area contributed by atoms with Crippen LogP contribution in [0.25, 0.3) is 0 Å². The molecule has 0 aliphatic carbocycles. The zero-order valence-corrected chi connectivity index (χ0v) is 54.7. The minimum atomic E-state index is -2.99. The minimum Gasteiger partial charge on any atom is -0.465 e. The third-order valence-electron chi connectivity index (χ3n) is 16.0. The van der Waals surface area contributed by atoms with Crippen LogP contribution in [0.15, 0.2) is 24.3 Å². The quantitative estimate of drug-likeness (QED) is 0.0375. The van der Waals surface area contributed by atoms with E-state index in [9.17, 15) is 9.59 Å². The first-order valence-electron chi connectivity index (χ1n) is 32.4. The van der Waals surface area contributed by atoms with Crippen LogP contribution in [-0.4, -0.2) is 25.2 Å². The molecule has 2 aromatic rings. The summed E-state index contributed by atoms with van der Waals surface area (Å²) in [6.07, 6.45) is 41.6. The lowest BCUT2D eigenvalue weighted by molar-refractivity contribution is -0.146. The Balaban J connectivity index is 2.07. The van der Waals surface area contributed by atoms with E-state index in [-0.39, 0.29) is 11.9 Å². The fourth-order valence-electron chi connectivity index (χ4n) is 10.6. The Bertz CT molecular complexity index is 1720. The highest BCUT2D eigenvalue weighted by molar-refractivity contribution is 7.42. The summed E-state index contributed by atoms with van der Waals surface area (Å²) in [5, 5.41) is 0. The van der Waals surface area contributed by atoms with Gasteiger partial charge >= 0.3 is 20.6 Å². The van der Waals surface area contributed by atoms with Crippen molar-refractivity contribution in [3.05, 3.63) is 57.6 Å². The van der Waals surface area contributed by atoms with E-state index in [1.54, 1.807) is 0 Å². The Hall–Kier alpha value is -2.66. The molecular weight excluding hydrogens is 987 g/mol. The molecule has 0 fully saturated rings. The second-order valence-corrected chi connectivity index (χ2v) is 28.5. The number of ether oxygens (including phenoxy) is 2. The Morgan fingerprint density at radius 3 is 0.756 bits per heavy atom. The molecule has 0 radical (unpaired) electrons. The SMILES string of the molecule is CCCCCCCCCCCCCCCCCCOC(=O)C(C)c1cc(C(C)(C)C)c(OP(F)Oc2c(C(C)(C)C)cc(C(C)C(=O)OCCCCCCCCCCCCCCCCCC)cc2C(C)(C)C)c(C(C)(C)C)c1. The third kappa shape index (κ3) is 28.8. The van der Waals surface area contributed by atoms with E-state index in [0.717, 1.165) is 59.1 Å². The Kier molecular flexibility index (Phi) is 35.0. The van der Waals surface area contributed by atoms with Crippen molar-refractivity contribution in [1.82, 2.24) is 0 Å². The first kappa shape index (κ1) is 71.4. The summed E-state index contributed by atoms with van der Waals surface area (Å²) in [6, 6.07) is 8.02. The maximum absolute atomic E-state index is 17.1. The van der Waals surface area contributed by atoms with Crippen LogP contribution in [0, 0.1) is 0 Å². The molecule has 78 heavy (non-hydrogen) atoms. The Morgan fingerprint density at radius 1 is 0.372 bits per heavy atom. The number of carbonyl (C=O) groups is 2. The summed E-state index contributed by atoms with van der Waals surface area (Å²) < 4.78 is 41.8. The minimum absolute atomic E-state index is 0.244. The van der Waals surface area contributed by atoms with Crippen LogP contribution >= 0.6 is 8.69 Å². The van der Waals surface area contributed by atoms with Gasteiger partial charge in [-0.05, 0) is 59.5 Å². The molecule has 0 bridgehead atoms. The lowest BCUT2D eigenvalue weighted by Gasteiger charge is -2.33. The monoisotopic (exact) mass is 1110 g/mol. The van der Waals surface area contributed by atoms with Crippen LogP contribution in [0.2, 0.25) is 0 Å². The van der Waals surface area contributed by atoms with E-state index < -0.39 is 42.2 Å². The zero-order valence-electron chi connectivity index (χ0n) is 53.8. The highest BCUT2D eigenvalue weighted by Crippen LogP contribution is 2.53. The van der Waals surface area contributed by atoms with Crippen molar-refractivity contribution in [2.45, 2.75) is 350 Å². The molecule has 0 amide bonds. The van der Waals surface area contributed by atoms with Crippen molar-refractivity contribution < 1.29 is 32.3 Å². The second-order valence-electron chi connectivity index (χ2n) is 27.7. The molecule has 0 aromatic heterocycles. The summed E-state index contributed by atoms with van der Waals surface area (Å²) >= 11 is 0. The smallest absolute Gasteiger partial charge is 0.465 e. The summed E-state index contributed by atoms with van der Waals surface area (Å²) in [4.78, 5) is 27.3. The number of halogens is 1. The molecule has 6 nitrogen and oxygen atoms in total. The standard InChI is InChI=1S/C70H122FO6P/c1-17-19-21-23-25-27-29-31-33-35-37-39-41-43-45-47-49-74-65(72)55(3)57-51-59(67(5,6)7)63(60(52-57)68(8,9)10)76-78(71)77-64-61(69(11,12)13)53-58(54-62(64)70(14,15)16)56(4)66(73)75-50-48-46-44-42-40-38-36-34-32-30-28-26-24-22-20-18-2/h51-56H,17-50H2,1-16H3. The van der Waals surface area contributed by atoms with Gasteiger partial charge in [0.1, 0.15) is 11.5 Å². The number of benzene rings is 2. The summed E-state index contributed by atoms with van der Waals surface area (Å²) in [5.41, 5.74) is 3.09. The van der Waals surface area contributed by atoms with Crippen molar-refractivity contribution in [1.29, 1.82) is 0 Å². The molecule has 0 N–H and O–H groups in total. The van der Waals surface area contributed by atoms with Gasteiger partial charge < -0.3 is 18.5 Å². The molecule has 2 aromatic carbocycles. The fourth-order valence-corrected chi connectivity index (χ4v) is 11.3. The topological polar surface area (TPSA) is 71.1 Å². The first-order chi connectivity index (χ1) is 36.8. The van der Waals surface area contributed by atoms with E-state index in [1.807, 2.05) is 38.1 Å². The molecule has 0 saturated carbocycles. The predicted octanol–water partition coefficient (Wildman–Crippen LogP) is 23.3. The van der Waals surface area contributed by atoms with E-state index in [2.05, 4.69) is 96.9 Å². The lowest BCUT2D eigenvalue weighted by Crippen LogP contribution is -2.23. The average Bonchev–Trinajstić information content (AvgIpc) is 3.37. The molecule has 0 aliphatic rings. The maximum Gasteiger partial charge on any atom is 0.505 e. The molecule has 0 heterocycles. The van der Waals surface area contributed by atoms with Gasteiger partial charge in [-0.25, -0.2) is 0 Å². The van der Waals surface area contributed by atoms with Gasteiger partial charge in [0, 0.05) is 22.3 Å². The molecule has 2 atom stereocenters. The molecular formula is C70H122FO6P. The van der Waals surface area contributed by atoms with Crippen molar-refractivity contribution in [2.24, 2.45) is 0 Å². The van der Waals surface area contributed by atoms with Crippen LogP contribution in [-0.2, 0) is 40.7 Å². The maximum atomic E-state index is 17.1. The van der Waals surface area contributed by atoms with Gasteiger partial charge in [0.2, 0.25) is 0 Å². The molecule has 8 heteroatoms. The van der Waals surface area contributed by atoms with E-state index in [0.29, 0.717) is 24.7 Å². The average molecular weight is 1110 g/mol. The van der Waals surface area contributed by atoms with Crippen molar-refractivity contribution in [3.63, 3.8) is 0 Å². The van der Waals surface area contributed by atoms with Crippen LogP contribution < -0.4 is 9.05 Å². The van der Waals surface area contributed by atoms with Crippen molar-refractivity contribution in [2.75, 3.05) is 13.2 Å². The number of hydrogen-bond donors (Lipinski definition) is 0. The normalized spacial score (nSPS) is 13.6. The second kappa shape index (κ2) is 38.2. The Labute approximate surface area is 482 Å². The zero-order chi connectivity index (χ0) is 58.2. The number of unbranched alkanes of at least 4 members (excludes halogenated alkanes) is 30. The van der Waals surface area contributed by atoms with Gasteiger partial charge in [-0.15, -0.1) is 4.20 Å². The summed E-state index contributed by atoms with van der Waals surface area (Å²) in [5.74, 6) is -0.601. The van der Waals surface area contributed by atoms with E-state index >= 15 is 4.20 Å². The van der Waals surface area contributed by atoms with Crippen molar-refractivity contribution >= 4 is 20.6 Å². The first-order valence-corrected chi connectivity index (χ1v) is 33.4. The number of carbonyl (C=O) groups excluding carboxylic acids is 2. The van der Waals surface area contributed by atoms with Gasteiger partial charge in [-0.1, -0.05) is 314 Å². The largest absolute Gasteiger partial charge is 0.505 e. The molecule has 0 spiro atoms. The van der Waals surface area contributed by atoms with Gasteiger partial charge in [-0.2, -0.15) is 0 Å². The Morgan fingerprint density at radius 2 is 0.564 bits per heavy atom. The predicted molar refractivity (Wildman–Crippen MR) is 335 cm³/mol. The van der Waals surface area contributed by atoms with Gasteiger partial charge in [0.25, 0.3) is 0 Å². The van der Waals surface area contributed by atoms with E-state index in [4.69, 9.17) is 18.5 Å².